The summed E-state index contributed by atoms with van der Waals surface area (Å²) < 4.78 is 12.4. The van der Waals surface area contributed by atoms with Crippen LogP contribution in [0.15, 0.2) is 28.7 Å². The van der Waals surface area contributed by atoms with Crippen LogP contribution in [0, 0.1) is 0 Å². The molecule has 1 saturated carbocycles. The zero-order chi connectivity index (χ0) is 12.4. The highest BCUT2D eigenvalue weighted by atomic mass is 79.9. The zero-order valence-corrected chi connectivity index (χ0v) is 11.9. The van der Waals surface area contributed by atoms with Crippen LogP contribution >= 0.6 is 15.9 Å². The van der Waals surface area contributed by atoms with Crippen molar-refractivity contribution in [3.63, 3.8) is 0 Å². The van der Waals surface area contributed by atoms with E-state index in [2.05, 4.69) is 39.4 Å². The van der Waals surface area contributed by atoms with E-state index in [1.54, 1.807) is 0 Å². The smallest absolute Gasteiger partial charge is 0.105 e. The Morgan fingerprint density at radius 2 is 2.11 bits per heavy atom. The second kappa shape index (κ2) is 5.70. The van der Waals surface area contributed by atoms with Crippen molar-refractivity contribution in [2.75, 3.05) is 19.8 Å². The van der Waals surface area contributed by atoms with Gasteiger partial charge < -0.3 is 14.8 Å². The molecule has 2 fully saturated rings. The van der Waals surface area contributed by atoms with Crippen LogP contribution in [0.25, 0.3) is 0 Å². The lowest BCUT2D eigenvalue weighted by Gasteiger charge is -2.31. The average molecular weight is 312 g/mol. The van der Waals surface area contributed by atoms with Crippen molar-refractivity contribution >= 4 is 15.9 Å². The molecule has 4 heteroatoms. The molecule has 0 bridgehead atoms. The van der Waals surface area contributed by atoms with E-state index in [0.717, 1.165) is 24.2 Å². The molecule has 1 aliphatic heterocycles. The summed E-state index contributed by atoms with van der Waals surface area (Å²) in [5.41, 5.74) is 1.22. The van der Waals surface area contributed by atoms with Crippen molar-refractivity contribution in [2.24, 2.45) is 0 Å². The minimum Gasteiger partial charge on any atom is -0.376 e. The monoisotopic (exact) mass is 311 g/mol. The Morgan fingerprint density at radius 3 is 2.72 bits per heavy atom. The molecule has 98 valence electrons. The maximum Gasteiger partial charge on any atom is 0.105 e. The number of rotatable bonds is 6. The van der Waals surface area contributed by atoms with Crippen molar-refractivity contribution in [1.29, 1.82) is 0 Å². The predicted molar refractivity (Wildman–Crippen MR) is 73.6 cm³/mol. The van der Waals surface area contributed by atoms with Crippen molar-refractivity contribution in [3.05, 3.63) is 34.3 Å². The lowest BCUT2D eigenvalue weighted by atomic mass is 10.1. The van der Waals surface area contributed by atoms with Crippen molar-refractivity contribution in [1.82, 2.24) is 5.32 Å². The first-order valence-corrected chi connectivity index (χ1v) is 7.33. The van der Waals surface area contributed by atoms with E-state index in [1.165, 1.54) is 18.4 Å². The number of benzene rings is 1. The molecule has 0 radical (unpaired) electrons. The molecule has 0 spiro atoms. The van der Waals surface area contributed by atoms with Gasteiger partial charge in [0.1, 0.15) is 6.10 Å². The van der Waals surface area contributed by atoms with Crippen LogP contribution in [0.5, 0.6) is 0 Å². The number of nitrogens with one attached hydrogen (secondary N) is 1. The number of hydrogen-bond acceptors (Lipinski definition) is 3. The lowest BCUT2D eigenvalue weighted by molar-refractivity contribution is -0.155. The summed E-state index contributed by atoms with van der Waals surface area (Å²) in [6.07, 6.45) is 2.96. The van der Waals surface area contributed by atoms with Crippen LogP contribution in [-0.4, -0.2) is 31.9 Å². The maximum absolute atomic E-state index is 6.11. The molecule has 1 saturated heterocycles. The third-order valence-corrected chi connectivity index (χ3v) is 4.11. The van der Waals surface area contributed by atoms with E-state index >= 15 is 0 Å². The van der Waals surface area contributed by atoms with E-state index in [1.807, 2.05) is 6.07 Å². The van der Waals surface area contributed by atoms with Gasteiger partial charge in [-0.15, -0.1) is 0 Å². The van der Waals surface area contributed by atoms with Crippen molar-refractivity contribution in [2.45, 2.75) is 31.1 Å². The van der Waals surface area contributed by atoms with Crippen LogP contribution in [0.2, 0.25) is 0 Å². The predicted octanol–water partition coefficient (Wildman–Crippen LogP) is 2.66. The summed E-state index contributed by atoms with van der Waals surface area (Å²) in [7, 11) is 0. The van der Waals surface area contributed by atoms with Crippen LogP contribution in [0.1, 0.15) is 24.5 Å². The van der Waals surface area contributed by atoms with Crippen LogP contribution in [0.3, 0.4) is 0 Å². The molecule has 1 atom stereocenters. The molecule has 0 amide bonds. The summed E-state index contributed by atoms with van der Waals surface area (Å²) >= 11 is 3.61. The Morgan fingerprint density at radius 1 is 1.33 bits per heavy atom. The van der Waals surface area contributed by atoms with Gasteiger partial charge in [-0.25, -0.2) is 0 Å². The normalized spacial score (nSPS) is 21.6. The molecule has 3 nitrogen and oxygen atoms in total. The van der Waals surface area contributed by atoms with E-state index in [4.69, 9.17) is 9.47 Å². The van der Waals surface area contributed by atoms with Crippen molar-refractivity contribution < 1.29 is 9.47 Å². The third-order valence-electron chi connectivity index (χ3n) is 3.39. The summed E-state index contributed by atoms with van der Waals surface area (Å²) in [6.45, 7) is 2.33. The van der Waals surface area contributed by atoms with Gasteiger partial charge in [0, 0.05) is 17.1 Å². The second-order valence-corrected chi connectivity index (χ2v) is 5.84. The first-order chi connectivity index (χ1) is 8.83. The molecule has 1 N–H and O–H groups in total. The van der Waals surface area contributed by atoms with E-state index < -0.39 is 0 Å². The fourth-order valence-corrected chi connectivity index (χ4v) is 2.59. The van der Waals surface area contributed by atoms with E-state index in [-0.39, 0.29) is 12.2 Å². The molecule has 1 aromatic carbocycles. The highest BCUT2D eigenvalue weighted by Crippen LogP contribution is 2.29. The maximum atomic E-state index is 6.11. The number of ether oxygens (including phenoxy) is 2. The summed E-state index contributed by atoms with van der Waals surface area (Å²) in [4.78, 5) is 0. The van der Waals surface area contributed by atoms with Gasteiger partial charge in [0.15, 0.2) is 0 Å². The molecule has 1 aromatic rings. The summed E-state index contributed by atoms with van der Waals surface area (Å²) in [5.74, 6) is 0. The molecular formula is C14H18BrNO2. The molecule has 1 heterocycles. The standard InChI is InChI=1S/C14H18BrNO2/c15-13-4-2-1-3-12(13)14(7-16-10-5-6-10)18-11-8-17-9-11/h1-4,10-11,14,16H,5-9H2. The Labute approximate surface area is 116 Å². The first kappa shape index (κ1) is 12.6. The largest absolute Gasteiger partial charge is 0.376 e. The topological polar surface area (TPSA) is 30.5 Å². The van der Waals surface area contributed by atoms with Gasteiger partial charge >= 0.3 is 0 Å². The highest BCUT2D eigenvalue weighted by Gasteiger charge is 2.27. The Hall–Kier alpha value is -0.420. The fourth-order valence-electron chi connectivity index (χ4n) is 2.05. The van der Waals surface area contributed by atoms with Gasteiger partial charge in [-0.3, -0.25) is 0 Å². The molecule has 1 unspecified atom stereocenters. The summed E-state index contributed by atoms with van der Waals surface area (Å²) in [6, 6.07) is 9.00. The van der Waals surface area contributed by atoms with Gasteiger partial charge in [-0.2, -0.15) is 0 Å². The lowest BCUT2D eigenvalue weighted by Crippen LogP contribution is -2.39. The van der Waals surface area contributed by atoms with Gasteiger partial charge in [0.05, 0.1) is 19.3 Å². The molecule has 0 aromatic heterocycles. The summed E-state index contributed by atoms with van der Waals surface area (Å²) in [5, 5.41) is 3.55. The van der Waals surface area contributed by atoms with Gasteiger partial charge in [-0.05, 0) is 24.5 Å². The van der Waals surface area contributed by atoms with Gasteiger partial charge in [0.2, 0.25) is 0 Å². The molecular weight excluding hydrogens is 294 g/mol. The molecule has 18 heavy (non-hydrogen) atoms. The molecule has 3 rings (SSSR count). The molecule has 1 aliphatic carbocycles. The number of halogens is 1. The number of hydrogen-bond donors (Lipinski definition) is 1. The minimum atomic E-state index is 0.107. The van der Waals surface area contributed by atoms with Crippen LogP contribution in [0.4, 0.5) is 0 Å². The Balaban J connectivity index is 1.67. The average Bonchev–Trinajstić information content (AvgIpc) is 3.12. The van der Waals surface area contributed by atoms with Crippen LogP contribution < -0.4 is 5.32 Å². The first-order valence-electron chi connectivity index (χ1n) is 6.54. The van der Waals surface area contributed by atoms with E-state index in [0.29, 0.717) is 6.04 Å². The van der Waals surface area contributed by atoms with Gasteiger partial charge in [0.25, 0.3) is 0 Å². The van der Waals surface area contributed by atoms with Gasteiger partial charge in [-0.1, -0.05) is 34.1 Å². The SMILES string of the molecule is Brc1ccccc1C(CNC1CC1)OC1COC1. The molecule has 2 aliphatic rings. The highest BCUT2D eigenvalue weighted by molar-refractivity contribution is 9.10. The fraction of sp³-hybridized carbons (Fsp3) is 0.571. The second-order valence-electron chi connectivity index (χ2n) is 4.99. The Bertz CT molecular complexity index is 405. The van der Waals surface area contributed by atoms with E-state index in [9.17, 15) is 0 Å². The third kappa shape index (κ3) is 3.12. The quantitative estimate of drug-likeness (QED) is 0.876. The van der Waals surface area contributed by atoms with Crippen molar-refractivity contribution in [3.8, 4) is 0 Å². The zero-order valence-electron chi connectivity index (χ0n) is 10.3. The van der Waals surface area contributed by atoms with Crippen LogP contribution in [-0.2, 0) is 9.47 Å². The minimum absolute atomic E-state index is 0.107. The Kier molecular flexibility index (Phi) is 3.99.